The SMILES string of the molecule is O[C@@]1(C(F)(F)F)C[C@H]2NCC[C@H]21. The zero-order valence-electron chi connectivity index (χ0n) is 6.36. The quantitative estimate of drug-likeness (QED) is 0.575. The van der Waals surface area contributed by atoms with Gasteiger partial charge in [-0.2, -0.15) is 13.2 Å². The molecule has 0 amide bonds. The average molecular weight is 181 g/mol. The maximum absolute atomic E-state index is 12.2. The first-order valence-corrected chi connectivity index (χ1v) is 3.97. The summed E-state index contributed by atoms with van der Waals surface area (Å²) < 4.78 is 36.7. The van der Waals surface area contributed by atoms with Gasteiger partial charge in [0.15, 0.2) is 5.60 Å². The van der Waals surface area contributed by atoms with Crippen LogP contribution in [0.2, 0.25) is 0 Å². The second-order valence-electron chi connectivity index (χ2n) is 3.58. The van der Waals surface area contributed by atoms with Crippen molar-refractivity contribution in [2.75, 3.05) is 6.54 Å². The number of halogens is 3. The molecule has 1 aliphatic heterocycles. The fourth-order valence-electron chi connectivity index (χ4n) is 2.21. The highest BCUT2D eigenvalue weighted by molar-refractivity contribution is 5.12. The van der Waals surface area contributed by atoms with E-state index in [1.807, 2.05) is 0 Å². The smallest absolute Gasteiger partial charge is 0.380 e. The van der Waals surface area contributed by atoms with E-state index in [0.717, 1.165) is 0 Å². The van der Waals surface area contributed by atoms with Gasteiger partial charge in [0.1, 0.15) is 0 Å². The summed E-state index contributed by atoms with van der Waals surface area (Å²) in [5, 5.41) is 12.2. The molecule has 0 spiro atoms. The molecule has 0 unspecified atom stereocenters. The van der Waals surface area contributed by atoms with Crippen LogP contribution in [0.25, 0.3) is 0 Å². The molecule has 0 bridgehead atoms. The van der Waals surface area contributed by atoms with E-state index in [1.165, 1.54) is 0 Å². The summed E-state index contributed by atoms with van der Waals surface area (Å²) in [7, 11) is 0. The van der Waals surface area contributed by atoms with Crippen LogP contribution < -0.4 is 5.32 Å². The third-order valence-electron chi connectivity index (χ3n) is 2.98. The second kappa shape index (κ2) is 2.14. The molecular formula is C7H10F3NO. The number of nitrogens with one attached hydrogen (secondary N) is 1. The Balaban J connectivity index is 2.15. The number of hydrogen-bond acceptors (Lipinski definition) is 2. The molecule has 0 aromatic carbocycles. The predicted octanol–water partition coefficient (Wildman–Crippen LogP) is 0.662. The Morgan fingerprint density at radius 3 is 2.58 bits per heavy atom. The lowest BCUT2D eigenvalue weighted by Gasteiger charge is -2.48. The minimum atomic E-state index is -4.46. The van der Waals surface area contributed by atoms with Crippen LogP contribution in [0.1, 0.15) is 12.8 Å². The Morgan fingerprint density at radius 2 is 2.08 bits per heavy atom. The Labute approximate surface area is 67.8 Å². The fourth-order valence-corrected chi connectivity index (χ4v) is 2.21. The first-order valence-electron chi connectivity index (χ1n) is 3.97. The molecule has 1 aliphatic carbocycles. The minimum Gasteiger partial charge on any atom is -0.380 e. The van der Waals surface area contributed by atoms with E-state index in [9.17, 15) is 18.3 Å². The Kier molecular flexibility index (Phi) is 1.48. The number of rotatable bonds is 0. The molecule has 2 nitrogen and oxygen atoms in total. The highest BCUT2D eigenvalue weighted by atomic mass is 19.4. The maximum atomic E-state index is 12.2. The summed E-state index contributed by atoms with van der Waals surface area (Å²) in [4.78, 5) is 0. The summed E-state index contributed by atoms with van der Waals surface area (Å²) in [6, 6.07) is -0.114. The van der Waals surface area contributed by atoms with E-state index in [2.05, 4.69) is 5.32 Å². The Bertz CT molecular complexity index is 205. The van der Waals surface area contributed by atoms with Crippen molar-refractivity contribution in [3.05, 3.63) is 0 Å². The molecule has 1 heterocycles. The van der Waals surface area contributed by atoms with Crippen LogP contribution in [0, 0.1) is 5.92 Å². The molecule has 12 heavy (non-hydrogen) atoms. The van der Waals surface area contributed by atoms with Gasteiger partial charge in [-0.15, -0.1) is 0 Å². The molecule has 0 aromatic heterocycles. The highest BCUT2D eigenvalue weighted by Crippen LogP contribution is 2.52. The van der Waals surface area contributed by atoms with Gasteiger partial charge in [-0.05, 0) is 13.0 Å². The lowest BCUT2D eigenvalue weighted by molar-refractivity contribution is -0.312. The van der Waals surface area contributed by atoms with Crippen LogP contribution in [-0.2, 0) is 0 Å². The van der Waals surface area contributed by atoms with Crippen LogP contribution in [0.4, 0.5) is 13.2 Å². The minimum absolute atomic E-state index is 0.114. The van der Waals surface area contributed by atoms with Crippen molar-refractivity contribution in [2.24, 2.45) is 5.92 Å². The summed E-state index contributed by atoms with van der Waals surface area (Å²) in [5.41, 5.74) is -2.40. The molecule has 5 heteroatoms. The fraction of sp³-hybridized carbons (Fsp3) is 1.00. The summed E-state index contributed by atoms with van der Waals surface area (Å²) >= 11 is 0. The van der Waals surface area contributed by atoms with Gasteiger partial charge in [0, 0.05) is 18.4 Å². The van der Waals surface area contributed by atoms with Crippen molar-refractivity contribution in [3.8, 4) is 0 Å². The Hall–Kier alpha value is -0.290. The van der Waals surface area contributed by atoms with Crippen molar-refractivity contribution >= 4 is 0 Å². The maximum Gasteiger partial charge on any atom is 0.417 e. The van der Waals surface area contributed by atoms with Gasteiger partial charge in [-0.3, -0.25) is 0 Å². The van der Waals surface area contributed by atoms with Gasteiger partial charge >= 0.3 is 6.18 Å². The molecule has 2 rings (SSSR count). The average Bonchev–Trinajstić information content (AvgIpc) is 2.27. The van der Waals surface area contributed by atoms with Crippen LogP contribution in [0.15, 0.2) is 0 Å². The molecule has 70 valence electrons. The third-order valence-corrected chi connectivity index (χ3v) is 2.98. The van der Waals surface area contributed by atoms with Crippen molar-refractivity contribution in [1.29, 1.82) is 0 Å². The van der Waals surface area contributed by atoms with E-state index >= 15 is 0 Å². The van der Waals surface area contributed by atoms with Gasteiger partial charge < -0.3 is 10.4 Å². The Morgan fingerprint density at radius 1 is 1.42 bits per heavy atom. The summed E-state index contributed by atoms with van der Waals surface area (Å²) in [6.07, 6.45) is -4.21. The number of fused-ring (bicyclic) bond motifs is 1. The van der Waals surface area contributed by atoms with E-state index in [1.54, 1.807) is 0 Å². The molecule has 2 fully saturated rings. The largest absolute Gasteiger partial charge is 0.417 e. The van der Waals surface area contributed by atoms with Gasteiger partial charge in [-0.1, -0.05) is 0 Å². The van der Waals surface area contributed by atoms with E-state index in [4.69, 9.17) is 0 Å². The van der Waals surface area contributed by atoms with Gasteiger partial charge in [0.25, 0.3) is 0 Å². The lowest BCUT2D eigenvalue weighted by atomic mass is 9.65. The van der Waals surface area contributed by atoms with Crippen LogP contribution in [0.3, 0.4) is 0 Å². The first kappa shape index (κ1) is 8.31. The molecule has 3 atom stereocenters. The molecule has 2 N–H and O–H groups in total. The molecular weight excluding hydrogens is 171 g/mol. The number of alkyl halides is 3. The van der Waals surface area contributed by atoms with E-state index < -0.39 is 17.7 Å². The molecule has 1 saturated carbocycles. The molecule has 0 radical (unpaired) electrons. The molecule has 1 saturated heterocycles. The lowest BCUT2D eigenvalue weighted by Crippen LogP contribution is -2.65. The van der Waals surface area contributed by atoms with Crippen LogP contribution in [0.5, 0.6) is 0 Å². The van der Waals surface area contributed by atoms with Gasteiger partial charge in [-0.25, -0.2) is 0 Å². The first-order chi connectivity index (χ1) is 5.45. The zero-order chi connectivity index (χ0) is 8.98. The van der Waals surface area contributed by atoms with Crippen molar-refractivity contribution < 1.29 is 18.3 Å². The summed E-state index contributed by atoms with van der Waals surface area (Å²) in [6.45, 7) is 0.591. The topological polar surface area (TPSA) is 32.3 Å². The number of hydrogen-bond donors (Lipinski definition) is 2. The van der Waals surface area contributed by atoms with E-state index in [-0.39, 0.29) is 12.5 Å². The zero-order valence-corrected chi connectivity index (χ0v) is 6.36. The van der Waals surface area contributed by atoms with Gasteiger partial charge in [0.2, 0.25) is 0 Å². The molecule has 2 aliphatic rings. The normalized spacial score (nSPS) is 47.0. The third kappa shape index (κ3) is 0.835. The standard InChI is InChI=1S/C7H10F3NO/c8-7(9,10)6(12)3-5-4(6)1-2-11-5/h4-5,11-12H,1-3H2/t4-,5-,6+/m1/s1. The van der Waals surface area contributed by atoms with Crippen molar-refractivity contribution in [2.45, 2.75) is 30.7 Å². The van der Waals surface area contributed by atoms with E-state index in [0.29, 0.717) is 13.0 Å². The van der Waals surface area contributed by atoms with Crippen molar-refractivity contribution in [3.63, 3.8) is 0 Å². The summed E-state index contributed by atoms with van der Waals surface area (Å²) in [5.74, 6) is -0.613. The molecule has 0 aromatic rings. The second-order valence-corrected chi connectivity index (χ2v) is 3.58. The monoisotopic (exact) mass is 181 g/mol. The predicted molar refractivity (Wildman–Crippen MR) is 35.5 cm³/mol. The van der Waals surface area contributed by atoms with Crippen LogP contribution >= 0.6 is 0 Å². The van der Waals surface area contributed by atoms with Crippen LogP contribution in [-0.4, -0.2) is 29.5 Å². The van der Waals surface area contributed by atoms with Gasteiger partial charge in [0.05, 0.1) is 0 Å². The van der Waals surface area contributed by atoms with Crippen molar-refractivity contribution in [1.82, 2.24) is 5.32 Å². The number of aliphatic hydroxyl groups is 1. The highest BCUT2D eigenvalue weighted by Gasteiger charge is 2.68.